The molecule has 8 heteroatoms. The van der Waals surface area contributed by atoms with Gasteiger partial charge in [-0.15, -0.1) is 0 Å². The Kier molecular flexibility index (Phi) is 7.71. The van der Waals surface area contributed by atoms with Crippen molar-refractivity contribution in [2.45, 2.75) is 45.4 Å². The van der Waals surface area contributed by atoms with Crippen LogP contribution in [0.25, 0.3) is 0 Å². The third-order valence-corrected chi connectivity index (χ3v) is 6.63. The fraction of sp³-hybridized carbons (Fsp3) is 0.650. The maximum atomic E-state index is 12.8. The maximum Gasteiger partial charge on any atom is 0.320 e. The molecule has 2 unspecified atom stereocenters. The first-order valence-corrected chi connectivity index (χ1v) is 11.6. The van der Waals surface area contributed by atoms with Gasteiger partial charge in [-0.3, -0.25) is 0 Å². The highest BCUT2D eigenvalue weighted by atomic mass is 32.2. The molecule has 1 aliphatic heterocycles. The van der Waals surface area contributed by atoms with Crippen molar-refractivity contribution in [3.8, 4) is 5.75 Å². The molecule has 1 fully saturated rings. The van der Waals surface area contributed by atoms with Gasteiger partial charge >= 0.3 is 6.03 Å². The monoisotopic (exact) mass is 411 g/mol. The van der Waals surface area contributed by atoms with Gasteiger partial charge in [0, 0.05) is 19.1 Å². The highest BCUT2D eigenvalue weighted by Gasteiger charge is 2.35. The van der Waals surface area contributed by atoms with Crippen molar-refractivity contribution in [3.63, 3.8) is 0 Å². The number of likely N-dealkylation sites (N-methyl/N-ethyl adjacent to an activating group) is 1. The number of urea groups is 1. The zero-order valence-corrected chi connectivity index (χ0v) is 18.3. The number of nitrogens with zero attached hydrogens (tertiary/aromatic N) is 2. The molecule has 0 saturated carbocycles. The summed E-state index contributed by atoms with van der Waals surface area (Å²) in [4.78, 5) is 16.4. The molecule has 1 heterocycles. The first-order valence-electron chi connectivity index (χ1n) is 9.76. The molecule has 0 aromatic heterocycles. The number of hydrogen-bond acceptors (Lipinski definition) is 5. The number of hydrogen-bond donors (Lipinski definition) is 1. The smallest absolute Gasteiger partial charge is 0.320 e. The van der Waals surface area contributed by atoms with Gasteiger partial charge in [-0.25, -0.2) is 13.2 Å². The van der Waals surface area contributed by atoms with Gasteiger partial charge in [-0.05, 0) is 51.1 Å². The summed E-state index contributed by atoms with van der Waals surface area (Å²) < 4.78 is 29.5. The fourth-order valence-corrected chi connectivity index (χ4v) is 4.93. The summed E-state index contributed by atoms with van der Waals surface area (Å²) in [6.45, 7) is 7.16. The Labute approximate surface area is 169 Å². The minimum atomic E-state index is -3.07. The minimum absolute atomic E-state index is 0.0275. The number of benzene rings is 1. The van der Waals surface area contributed by atoms with E-state index in [9.17, 15) is 13.2 Å². The molecule has 7 nitrogen and oxygen atoms in total. The Bertz CT molecular complexity index is 747. The van der Waals surface area contributed by atoms with Gasteiger partial charge < -0.3 is 19.9 Å². The fourth-order valence-electron chi connectivity index (χ4n) is 3.20. The second kappa shape index (κ2) is 9.60. The van der Waals surface area contributed by atoms with E-state index in [4.69, 9.17) is 4.74 Å². The van der Waals surface area contributed by atoms with E-state index in [2.05, 4.69) is 19.2 Å². The van der Waals surface area contributed by atoms with Gasteiger partial charge in [0.1, 0.15) is 5.75 Å². The van der Waals surface area contributed by atoms with Gasteiger partial charge in [0.25, 0.3) is 0 Å². The molecule has 1 N–H and O–H groups in total. The summed E-state index contributed by atoms with van der Waals surface area (Å²) in [7, 11) is 0.782. The molecule has 0 spiro atoms. The topological polar surface area (TPSA) is 79.0 Å². The summed E-state index contributed by atoms with van der Waals surface area (Å²) in [5, 5.41) is 2.85. The quantitative estimate of drug-likeness (QED) is 0.664. The lowest BCUT2D eigenvalue weighted by Gasteiger charge is -2.31. The normalized spacial score (nSPS) is 19.6. The standard InChI is InChI=1S/C20H33N3O4S/c1-15(2)17-6-8-19(9-7-17)27-16(3)21-20(24)23(12-11-22(4)5)18-10-13-28(25,26)14-18/h6-9,15-16,18H,10-14H2,1-5H3,(H,21,24). The highest BCUT2D eigenvalue weighted by molar-refractivity contribution is 7.91. The van der Waals surface area contributed by atoms with Crippen LogP contribution in [0.1, 0.15) is 38.7 Å². The van der Waals surface area contributed by atoms with Gasteiger partial charge in [-0.1, -0.05) is 26.0 Å². The van der Waals surface area contributed by atoms with Crippen LogP contribution in [-0.4, -0.2) is 75.2 Å². The second-order valence-electron chi connectivity index (χ2n) is 7.99. The molecule has 1 aromatic rings. The van der Waals surface area contributed by atoms with E-state index in [0.29, 0.717) is 31.2 Å². The van der Waals surface area contributed by atoms with Crippen LogP contribution in [-0.2, 0) is 9.84 Å². The SMILES string of the molecule is CC(NC(=O)N(CCN(C)C)C1CCS(=O)(=O)C1)Oc1ccc(C(C)C)cc1. The van der Waals surface area contributed by atoms with Crippen LogP contribution in [0.3, 0.4) is 0 Å². The molecule has 1 aliphatic rings. The minimum Gasteiger partial charge on any atom is -0.471 e. The van der Waals surface area contributed by atoms with Crippen LogP contribution in [0, 0.1) is 0 Å². The largest absolute Gasteiger partial charge is 0.471 e. The summed E-state index contributed by atoms with van der Waals surface area (Å²) in [5.74, 6) is 1.29. The molecule has 2 rings (SSSR count). The molecule has 0 aliphatic carbocycles. The third-order valence-electron chi connectivity index (χ3n) is 4.88. The molecule has 0 bridgehead atoms. The average Bonchev–Trinajstić information content (AvgIpc) is 2.94. The summed E-state index contributed by atoms with van der Waals surface area (Å²) in [5.41, 5.74) is 1.22. The molecular weight excluding hydrogens is 378 g/mol. The van der Waals surface area contributed by atoms with Crippen molar-refractivity contribution < 1.29 is 17.9 Å². The average molecular weight is 412 g/mol. The van der Waals surface area contributed by atoms with Crippen molar-refractivity contribution in [1.29, 1.82) is 0 Å². The summed E-state index contributed by atoms with van der Waals surface area (Å²) >= 11 is 0. The van der Waals surface area contributed by atoms with Crippen molar-refractivity contribution in [2.75, 3.05) is 38.7 Å². The molecule has 1 aromatic carbocycles. The van der Waals surface area contributed by atoms with E-state index < -0.39 is 16.1 Å². The predicted molar refractivity (Wildman–Crippen MR) is 111 cm³/mol. The van der Waals surface area contributed by atoms with E-state index in [0.717, 1.165) is 0 Å². The van der Waals surface area contributed by atoms with Crippen LogP contribution in [0.5, 0.6) is 5.75 Å². The summed E-state index contributed by atoms with van der Waals surface area (Å²) in [6, 6.07) is 7.23. The Morgan fingerprint density at radius 2 is 1.82 bits per heavy atom. The van der Waals surface area contributed by atoms with E-state index in [-0.39, 0.29) is 23.6 Å². The highest BCUT2D eigenvalue weighted by Crippen LogP contribution is 2.20. The van der Waals surface area contributed by atoms with Crippen LogP contribution in [0.2, 0.25) is 0 Å². The molecule has 2 atom stereocenters. The lowest BCUT2D eigenvalue weighted by molar-refractivity contribution is 0.139. The number of amides is 2. The van der Waals surface area contributed by atoms with Gasteiger partial charge in [0.2, 0.25) is 0 Å². The van der Waals surface area contributed by atoms with Crippen LogP contribution < -0.4 is 10.1 Å². The Hall–Kier alpha value is -1.80. The van der Waals surface area contributed by atoms with Gasteiger partial charge in [0.15, 0.2) is 16.1 Å². The van der Waals surface area contributed by atoms with Crippen LogP contribution in [0.15, 0.2) is 24.3 Å². The molecule has 1 saturated heterocycles. The first-order chi connectivity index (χ1) is 13.1. The van der Waals surface area contributed by atoms with Crippen LogP contribution in [0.4, 0.5) is 4.79 Å². The second-order valence-corrected chi connectivity index (χ2v) is 10.2. The zero-order valence-electron chi connectivity index (χ0n) is 17.5. The number of sulfone groups is 1. The third kappa shape index (κ3) is 6.67. The first kappa shape index (κ1) is 22.5. The number of nitrogens with one attached hydrogen (secondary N) is 1. The van der Waals surface area contributed by atoms with E-state index >= 15 is 0 Å². The molecule has 0 radical (unpaired) electrons. The predicted octanol–water partition coefficient (Wildman–Crippen LogP) is 2.30. The lowest BCUT2D eigenvalue weighted by atomic mass is 10.0. The molecule has 158 valence electrons. The molecular formula is C20H33N3O4S. The van der Waals surface area contributed by atoms with E-state index in [1.54, 1.807) is 11.8 Å². The van der Waals surface area contributed by atoms with Gasteiger partial charge in [0.05, 0.1) is 11.5 Å². The van der Waals surface area contributed by atoms with Crippen LogP contribution >= 0.6 is 0 Å². The molecule has 28 heavy (non-hydrogen) atoms. The number of rotatable bonds is 8. The number of ether oxygens (including phenoxy) is 1. The maximum absolute atomic E-state index is 12.8. The summed E-state index contributed by atoms with van der Waals surface area (Å²) in [6.07, 6.45) is -0.0491. The molecule has 2 amide bonds. The number of carbonyl (C=O) groups is 1. The van der Waals surface area contributed by atoms with Crippen molar-refractivity contribution in [1.82, 2.24) is 15.1 Å². The van der Waals surface area contributed by atoms with Crippen molar-refractivity contribution in [2.24, 2.45) is 0 Å². The van der Waals surface area contributed by atoms with E-state index in [1.165, 1.54) is 5.56 Å². The Balaban J connectivity index is 1.98. The van der Waals surface area contributed by atoms with Gasteiger partial charge in [-0.2, -0.15) is 0 Å². The van der Waals surface area contributed by atoms with Crippen molar-refractivity contribution >= 4 is 15.9 Å². The Morgan fingerprint density at radius 1 is 1.18 bits per heavy atom. The van der Waals surface area contributed by atoms with E-state index in [1.807, 2.05) is 43.3 Å². The zero-order chi connectivity index (χ0) is 20.9. The Morgan fingerprint density at radius 3 is 2.32 bits per heavy atom. The van der Waals surface area contributed by atoms with Crippen molar-refractivity contribution in [3.05, 3.63) is 29.8 Å². The lowest BCUT2D eigenvalue weighted by Crippen LogP contribution is -2.52. The number of carbonyl (C=O) groups excluding carboxylic acids is 1.